The van der Waals surface area contributed by atoms with Crippen LogP contribution < -0.4 is 5.73 Å². The highest BCUT2D eigenvalue weighted by Gasteiger charge is 2.20. The zero-order chi connectivity index (χ0) is 12.5. The van der Waals surface area contributed by atoms with Crippen LogP contribution in [0.3, 0.4) is 0 Å². The van der Waals surface area contributed by atoms with Crippen molar-refractivity contribution in [3.63, 3.8) is 0 Å². The number of anilines is 1. The summed E-state index contributed by atoms with van der Waals surface area (Å²) in [6, 6.07) is 0.0710. The Morgan fingerprint density at radius 1 is 1.28 bits per heavy atom. The summed E-state index contributed by atoms with van der Waals surface area (Å²) in [4.78, 5) is 0. The molecule has 0 aromatic carbocycles. The van der Waals surface area contributed by atoms with Crippen LogP contribution in [-0.2, 0) is 13.0 Å². The van der Waals surface area contributed by atoms with E-state index in [9.17, 15) is 0 Å². The van der Waals surface area contributed by atoms with Crippen molar-refractivity contribution >= 4 is 5.69 Å². The van der Waals surface area contributed by atoms with Gasteiger partial charge in [-0.05, 0) is 19.8 Å². The fraction of sp³-hybridized carbons (Fsp3) is 0.583. The summed E-state index contributed by atoms with van der Waals surface area (Å²) in [6.45, 7) is 3.09. The fourth-order valence-corrected chi connectivity index (χ4v) is 2.50. The highest BCUT2D eigenvalue weighted by molar-refractivity contribution is 5.31. The Kier molecular flexibility index (Phi) is 2.77. The minimum Gasteiger partial charge on any atom is -0.396 e. The molecular formula is C12H18N6. The van der Waals surface area contributed by atoms with E-state index in [2.05, 4.69) is 26.8 Å². The van der Waals surface area contributed by atoms with Gasteiger partial charge in [0.25, 0.3) is 0 Å². The molecule has 0 amide bonds. The van der Waals surface area contributed by atoms with Gasteiger partial charge in [-0.15, -0.1) is 10.2 Å². The first kappa shape index (κ1) is 11.3. The van der Waals surface area contributed by atoms with Crippen molar-refractivity contribution in [1.82, 2.24) is 24.5 Å². The van der Waals surface area contributed by atoms with E-state index >= 15 is 0 Å². The lowest BCUT2D eigenvalue weighted by Crippen LogP contribution is -2.15. The molecule has 0 unspecified atom stereocenters. The standard InChI is InChI=1S/C12H18N6/c1-9(18-8-10(13)7-14-18)12-16-15-11-5-3-2-4-6-17(11)12/h7-9H,2-6,13H2,1H3/t9-/m1/s1. The molecular weight excluding hydrogens is 228 g/mol. The number of hydrogen-bond donors (Lipinski definition) is 1. The molecule has 0 saturated carbocycles. The Balaban J connectivity index is 1.94. The number of nitrogens with zero attached hydrogens (tertiary/aromatic N) is 5. The molecule has 1 aliphatic rings. The van der Waals surface area contributed by atoms with Crippen LogP contribution in [0, 0.1) is 0 Å². The molecule has 2 N–H and O–H groups in total. The monoisotopic (exact) mass is 246 g/mol. The van der Waals surface area contributed by atoms with Crippen LogP contribution in [0.2, 0.25) is 0 Å². The lowest BCUT2D eigenvalue weighted by atomic mass is 10.2. The van der Waals surface area contributed by atoms with Crippen molar-refractivity contribution in [3.05, 3.63) is 24.0 Å². The predicted octanol–water partition coefficient (Wildman–Crippen LogP) is 1.39. The van der Waals surface area contributed by atoms with Crippen LogP contribution in [0.25, 0.3) is 0 Å². The first-order chi connectivity index (χ1) is 8.75. The maximum atomic E-state index is 5.71. The average molecular weight is 246 g/mol. The number of rotatable bonds is 2. The van der Waals surface area contributed by atoms with E-state index < -0.39 is 0 Å². The third-order valence-corrected chi connectivity index (χ3v) is 3.53. The third kappa shape index (κ3) is 1.87. The first-order valence-corrected chi connectivity index (χ1v) is 6.47. The Morgan fingerprint density at radius 3 is 2.94 bits per heavy atom. The van der Waals surface area contributed by atoms with Crippen LogP contribution in [-0.4, -0.2) is 24.5 Å². The molecule has 2 aromatic rings. The van der Waals surface area contributed by atoms with E-state index in [1.165, 1.54) is 19.3 Å². The lowest BCUT2D eigenvalue weighted by Gasteiger charge is -2.13. The Bertz CT molecular complexity index is 541. The number of aromatic nitrogens is 5. The smallest absolute Gasteiger partial charge is 0.157 e. The van der Waals surface area contributed by atoms with Crippen LogP contribution in [0.1, 0.15) is 43.9 Å². The van der Waals surface area contributed by atoms with Crippen molar-refractivity contribution in [3.8, 4) is 0 Å². The van der Waals surface area contributed by atoms with Crippen molar-refractivity contribution < 1.29 is 0 Å². The second kappa shape index (κ2) is 4.44. The summed E-state index contributed by atoms with van der Waals surface area (Å²) in [5.74, 6) is 2.09. The minimum absolute atomic E-state index is 0.0710. The number of fused-ring (bicyclic) bond motifs is 1. The zero-order valence-corrected chi connectivity index (χ0v) is 10.6. The van der Waals surface area contributed by atoms with E-state index in [1.54, 1.807) is 6.20 Å². The minimum atomic E-state index is 0.0710. The largest absolute Gasteiger partial charge is 0.396 e. The molecule has 0 aliphatic carbocycles. The number of nitrogens with two attached hydrogens (primary N) is 1. The van der Waals surface area contributed by atoms with Gasteiger partial charge in [0, 0.05) is 19.2 Å². The fourth-order valence-electron chi connectivity index (χ4n) is 2.50. The van der Waals surface area contributed by atoms with Gasteiger partial charge in [-0.25, -0.2) is 0 Å². The highest BCUT2D eigenvalue weighted by Crippen LogP contribution is 2.21. The van der Waals surface area contributed by atoms with Crippen molar-refractivity contribution in [1.29, 1.82) is 0 Å². The Hall–Kier alpha value is -1.85. The van der Waals surface area contributed by atoms with Gasteiger partial charge in [-0.2, -0.15) is 5.10 Å². The van der Waals surface area contributed by atoms with Gasteiger partial charge in [-0.1, -0.05) is 6.42 Å². The van der Waals surface area contributed by atoms with E-state index in [1.807, 2.05) is 10.9 Å². The predicted molar refractivity (Wildman–Crippen MR) is 68.0 cm³/mol. The maximum absolute atomic E-state index is 5.71. The normalized spacial score (nSPS) is 17.2. The summed E-state index contributed by atoms with van der Waals surface area (Å²) < 4.78 is 4.09. The molecule has 0 saturated heterocycles. The second-order valence-corrected chi connectivity index (χ2v) is 4.87. The van der Waals surface area contributed by atoms with Gasteiger partial charge in [-0.3, -0.25) is 4.68 Å². The van der Waals surface area contributed by atoms with Gasteiger partial charge < -0.3 is 10.3 Å². The zero-order valence-electron chi connectivity index (χ0n) is 10.6. The molecule has 1 atom stereocenters. The van der Waals surface area contributed by atoms with Crippen LogP contribution in [0.5, 0.6) is 0 Å². The number of aryl methyl sites for hydroxylation is 1. The van der Waals surface area contributed by atoms with E-state index in [0.717, 1.165) is 24.6 Å². The number of nitrogen functional groups attached to an aromatic ring is 1. The molecule has 1 aliphatic heterocycles. The summed E-state index contributed by atoms with van der Waals surface area (Å²) in [5.41, 5.74) is 6.38. The molecule has 18 heavy (non-hydrogen) atoms. The van der Waals surface area contributed by atoms with Crippen LogP contribution >= 0.6 is 0 Å². The van der Waals surface area contributed by atoms with Crippen LogP contribution in [0.15, 0.2) is 12.4 Å². The summed E-state index contributed by atoms with van der Waals surface area (Å²) >= 11 is 0. The quantitative estimate of drug-likeness (QED) is 0.869. The van der Waals surface area contributed by atoms with Gasteiger partial charge in [0.05, 0.1) is 11.9 Å². The highest BCUT2D eigenvalue weighted by atomic mass is 15.4. The summed E-state index contributed by atoms with van der Waals surface area (Å²) in [6.07, 6.45) is 8.21. The molecule has 0 radical (unpaired) electrons. The molecule has 3 rings (SSSR count). The average Bonchev–Trinajstić information content (AvgIpc) is 2.89. The second-order valence-electron chi connectivity index (χ2n) is 4.87. The topological polar surface area (TPSA) is 74.5 Å². The lowest BCUT2D eigenvalue weighted by molar-refractivity contribution is 0.494. The molecule has 3 heterocycles. The van der Waals surface area contributed by atoms with Crippen LogP contribution in [0.4, 0.5) is 5.69 Å². The van der Waals surface area contributed by atoms with Gasteiger partial charge >= 0.3 is 0 Å². The number of hydrogen-bond acceptors (Lipinski definition) is 4. The van der Waals surface area contributed by atoms with Gasteiger partial charge in [0.1, 0.15) is 11.9 Å². The first-order valence-electron chi connectivity index (χ1n) is 6.47. The summed E-state index contributed by atoms with van der Waals surface area (Å²) in [7, 11) is 0. The maximum Gasteiger partial charge on any atom is 0.157 e. The molecule has 6 heteroatoms. The van der Waals surface area contributed by atoms with Crippen molar-refractivity contribution in [2.75, 3.05) is 5.73 Å². The third-order valence-electron chi connectivity index (χ3n) is 3.53. The van der Waals surface area contributed by atoms with E-state index in [0.29, 0.717) is 5.69 Å². The van der Waals surface area contributed by atoms with Crippen molar-refractivity contribution in [2.45, 2.75) is 45.2 Å². The van der Waals surface area contributed by atoms with Gasteiger partial charge in [0.2, 0.25) is 0 Å². The molecule has 0 spiro atoms. The Labute approximate surface area is 106 Å². The van der Waals surface area contributed by atoms with Crippen molar-refractivity contribution in [2.24, 2.45) is 0 Å². The summed E-state index contributed by atoms with van der Waals surface area (Å²) in [5, 5.41) is 12.9. The molecule has 2 aromatic heterocycles. The SMILES string of the molecule is C[C@H](c1nnc2n1CCCCC2)n1cc(N)cn1. The molecule has 6 nitrogen and oxygen atoms in total. The molecule has 0 fully saturated rings. The molecule has 0 bridgehead atoms. The van der Waals surface area contributed by atoms with E-state index in [4.69, 9.17) is 5.73 Å². The van der Waals surface area contributed by atoms with E-state index in [-0.39, 0.29) is 6.04 Å². The van der Waals surface area contributed by atoms with Gasteiger partial charge in [0.15, 0.2) is 5.82 Å². The molecule has 96 valence electrons. The Morgan fingerprint density at radius 2 is 2.17 bits per heavy atom.